The number of hydrogen-bond acceptors (Lipinski definition) is 7. The molecule has 0 fully saturated rings. The molecule has 3 aromatic heterocycles. The van der Waals surface area contributed by atoms with E-state index in [1.165, 1.54) is 11.3 Å². The Morgan fingerprint density at radius 1 is 1.30 bits per heavy atom. The quantitative estimate of drug-likeness (QED) is 0.724. The zero-order chi connectivity index (χ0) is 19.3. The number of aromatic nitrogens is 5. The van der Waals surface area contributed by atoms with Crippen LogP contribution in [0.5, 0.6) is 0 Å². The van der Waals surface area contributed by atoms with Gasteiger partial charge < -0.3 is 14.6 Å². The molecule has 4 rings (SSSR count). The maximum Gasteiger partial charge on any atom is 0.451 e. The first-order valence-corrected chi connectivity index (χ1v) is 8.87. The van der Waals surface area contributed by atoms with E-state index in [9.17, 15) is 23.1 Å². The van der Waals surface area contributed by atoms with Gasteiger partial charge in [0.25, 0.3) is 0 Å². The second-order valence-electron chi connectivity index (χ2n) is 5.97. The van der Waals surface area contributed by atoms with Crippen molar-refractivity contribution in [3.63, 3.8) is 0 Å². The molecule has 0 spiro atoms. The van der Waals surface area contributed by atoms with Crippen molar-refractivity contribution in [2.24, 2.45) is 0 Å². The smallest absolute Gasteiger partial charge is 0.451 e. The topological polar surface area (TPSA) is 97.0 Å². The summed E-state index contributed by atoms with van der Waals surface area (Å²) in [5.74, 6) is -2.09. The molecule has 0 amide bonds. The van der Waals surface area contributed by atoms with E-state index in [1.807, 2.05) is 13.0 Å². The van der Waals surface area contributed by atoms with Crippen LogP contribution in [0.1, 0.15) is 34.1 Å². The second kappa shape index (κ2) is 6.15. The molecule has 12 heteroatoms. The van der Waals surface area contributed by atoms with Gasteiger partial charge in [0.2, 0.25) is 11.6 Å². The number of carboxylic acid groups (broad SMARTS) is 1. The lowest BCUT2D eigenvalue weighted by atomic mass is 10.2. The largest absolute Gasteiger partial charge is 0.475 e. The van der Waals surface area contributed by atoms with Gasteiger partial charge >= 0.3 is 12.1 Å². The lowest BCUT2D eigenvalue weighted by Crippen LogP contribution is -2.36. The van der Waals surface area contributed by atoms with Gasteiger partial charge in [0.1, 0.15) is 10.6 Å². The van der Waals surface area contributed by atoms with Crippen LogP contribution in [0.25, 0.3) is 10.2 Å². The Balaban J connectivity index is 1.78. The highest BCUT2D eigenvalue weighted by molar-refractivity contribution is 7.18. The molecule has 27 heavy (non-hydrogen) atoms. The van der Waals surface area contributed by atoms with Gasteiger partial charge in [0, 0.05) is 18.0 Å². The molecule has 1 N–H and O–H groups in total. The van der Waals surface area contributed by atoms with Crippen LogP contribution in [0.2, 0.25) is 0 Å². The molecule has 1 aliphatic rings. The highest BCUT2D eigenvalue weighted by Gasteiger charge is 2.39. The summed E-state index contributed by atoms with van der Waals surface area (Å²) in [5.41, 5.74) is 0. The van der Waals surface area contributed by atoms with Gasteiger partial charge in [-0.1, -0.05) is 6.92 Å². The Hall–Kier alpha value is -2.76. The maximum atomic E-state index is 13.0. The molecule has 8 nitrogen and oxygen atoms in total. The fraction of sp³-hybridized carbons (Fsp3) is 0.400. The fourth-order valence-corrected chi connectivity index (χ4v) is 3.98. The Kier molecular flexibility index (Phi) is 4.02. The summed E-state index contributed by atoms with van der Waals surface area (Å²) in [5, 5.41) is 16.9. The number of rotatable bonds is 3. The monoisotopic (exact) mass is 398 g/mol. The van der Waals surface area contributed by atoms with Crippen molar-refractivity contribution in [3.05, 3.63) is 28.4 Å². The van der Waals surface area contributed by atoms with E-state index in [2.05, 4.69) is 20.2 Å². The first-order chi connectivity index (χ1) is 12.8. The first kappa shape index (κ1) is 17.6. The van der Waals surface area contributed by atoms with Gasteiger partial charge in [-0.15, -0.1) is 21.5 Å². The number of fused-ring (bicyclic) bond motifs is 2. The predicted octanol–water partition coefficient (Wildman–Crippen LogP) is 2.58. The normalized spacial score (nSPS) is 14.6. The number of aryl methyl sites for hydroxylation is 1. The standard InChI is InChI=1S/C15H13F3N6O2S/c1-2-7-5-8-11(19-10(13(25)26)20-12(8)27-7)23-3-4-24-9(6-23)21-22-14(24)15(16,17)18/h5H,2-4,6H2,1H3,(H,25,26). The van der Waals surface area contributed by atoms with Crippen molar-refractivity contribution in [2.75, 3.05) is 11.4 Å². The minimum atomic E-state index is -4.57. The number of carboxylic acids is 1. The second-order valence-corrected chi connectivity index (χ2v) is 7.09. The van der Waals surface area contributed by atoms with Crippen molar-refractivity contribution in [2.45, 2.75) is 32.6 Å². The van der Waals surface area contributed by atoms with Crippen LogP contribution in [0.4, 0.5) is 19.0 Å². The molecular weight excluding hydrogens is 385 g/mol. The lowest BCUT2D eigenvalue weighted by molar-refractivity contribution is -0.147. The molecule has 142 valence electrons. The molecule has 0 bridgehead atoms. The number of halogens is 3. The summed E-state index contributed by atoms with van der Waals surface area (Å²) < 4.78 is 40.0. The van der Waals surface area contributed by atoms with Crippen LogP contribution in [-0.2, 0) is 25.7 Å². The summed E-state index contributed by atoms with van der Waals surface area (Å²) in [7, 11) is 0. The van der Waals surface area contributed by atoms with Crippen molar-refractivity contribution in [1.82, 2.24) is 24.7 Å². The van der Waals surface area contributed by atoms with E-state index in [-0.39, 0.29) is 31.3 Å². The number of thiophene rings is 1. The Morgan fingerprint density at radius 3 is 2.74 bits per heavy atom. The highest BCUT2D eigenvalue weighted by Crippen LogP contribution is 2.34. The van der Waals surface area contributed by atoms with Gasteiger partial charge in [-0.2, -0.15) is 13.2 Å². The molecule has 1 aliphatic heterocycles. The van der Waals surface area contributed by atoms with Crippen LogP contribution in [0.3, 0.4) is 0 Å². The van der Waals surface area contributed by atoms with E-state index in [4.69, 9.17) is 0 Å². The first-order valence-electron chi connectivity index (χ1n) is 8.06. The fourth-order valence-electron chi connectivity index (χ4n) is 3.02. The lowest BCUT2D eigenvalue weighted by Gasteiger charge is -2.29. The van der Waals surface area contributed by atoms with Gasteiger partial charge in [-0.05, 0) is 12.5 Å². The highest BCUT2D eigenvalue weighted by atomic mass is 32.1. The van der Waals surface area contributed by atoms with E-state index < -0.39 is 18.0 Å². The van der Waals surface area contributed by atoms with E-state index >= 15 is 0 Å². The zero-order valence-corrected chi connectivity index (χ0v) is 14.8. The third kappa shape index (κ3) is 2.99. The van der Waals surface area contributed by atoms with Crippen LogP contribution < -0.4 is 4.90 Å². The molecule has 3 aromatic rings. The summed E-state index contributed by atoms with van der Waals surface area (Å²) in [4.78, 5) is 22.9. The minimum absolute atomic E-state index is 0.0237. The third-order valence-electron chi connectivity index (χ3n) is 4.27. The van der Waals surface area contributed by atoms with Crippen LogP contribution >= 0.6 is 11.3 Å². The molecule has 4 heterocycles. The Morgan fingerprint density at radius 2 is 2.07 bits per heavy atom. The Labute approximate surface area is 154 Å². The van der Waals surface area contributed by atoms with E-state index in [0.717, 1.165) is 15.9 Å². The van der Waals surface area contributed by atoms with E-state index in [0.29, 0.717) is 16.0 Å². The predicted molar refractivity (Wildman–Crippen MR) is 89.8 cm³/mol. The Bertz CT molecular complexity index is 1040. The van der Waals surface area contributed by atoms with Gasteiger partial charge in [-0.25, -0.2) is 14.8 Å². The van der Waals surface area contributed by atoms with Crippen molar-refractivity contribution in [1.29, 1.82) is 0 Å². The molecule has 0 atom stereocenters. The van der Waals surface area contributed by atoms with Gasteiger partial charge in [0.15, 0.2) is 5.82 Å². The van der Waals surface area contributed by atoms with Gasteiger partial charge in [-0.3, -0.25) is 0 Å². The summed E-state index contributed by atoms with van der Waals surface area (Å²) in [6.45, 7) is 2.26. The average Bonchev–Trinajstić information content (AvgIpc) is 3.23. The maximum absolute atomic E-state index is 13.0. The molecule has 0 radical (unpaired) electrons. The van der Waals surface area contributed by atoms with Crippen LogP contribution in [-0.4, -0.2) is 42.4 Å². The number of alkyl halides is 3. The van der Waals surface area contributed by atoms with E-state index in [1.54, 1.807) is 4.90 Å². The van der Waals surface area contributed by atoms with Crippen molar-refractivity contribution >= 4 is 33.3 Å². The molecule has 0 saturated carbocycles. The summed E-state index contributed by atoms with van der Waals surface area (Å²) in [6.07, 6.45) is -3.82. The van der Waals surface area contributed by atoms with Crippen LogP contribution in [0, 0.1) is 0 Å². The van der Waals surface area contributed by atoms with Crippen molar-refractivity contribution in [3.8, 4) is 0 Å². The molecule has 0 unspecified atom stereocenters. The zero-order valence-electron chi connectivity index (χ0n) is 14.0. The SMILES string of the molecule is CCc1cc2c(N3CCn4c(nnc4C(F)(F)F)C3)nc(C(=O)O)nc2s1. The van der Waals surface area contributed by atoms with Crippen LogP contribution in [0.15, 0.2) is 6.07 Å². The van der Waals surface area contributed by atoms with Crippen molar-refractivity contribution < 1.29 is 23.1 Å². The molecule has 0 aliphatic carbocycles. The number of hydrogen-bond donors (Lipinski definition) is 1. The molecular formula is C15H13F3N6O2S. The van der Waals surface area contributed by atoms with Gasteiger partial charge in [0.05, 0.1) is 11.9 Å². The minimum Gasteiger partial charge on any atom is -0.475 e. The third-order valence-corrected chi connectivity index (χ3v) is 5.44. The summed E-state index contributed by atoms with van der Waals surface area (Å²) in [6, 6.07) is 1.89. The summed E-state index contributed by atoms with van der Waals surface area (Å²) >= 11 is 1.38. The average molecular weight is 398 g/mol. The molecule has 0 aromatic carbocycles. The number of anilines is 1. The number of carbonyl (C=O) groups is 1. The number of aromatic carboxylic acids is 1. The number of nitrogens with zero attached hydrogens (tertiary/aromatic N) is 6. The molecule has 0 saturated heterocycles.